The number of rotatable bonds is 2. The highest BCUT2D eigenvalue weighted by Crippen LogP contribution is 2.29. The van der Waals surface area contributed by atoms with Crippen LogP contribution >= 0.6 is 23.2 Å². The van der Waals surface area contributed by atoms with Gasteiger partial charge >= 0.3 is 0 Å². The molecule has 2 heterocycles. The van der Waals surface area contributed by atoms with Crippen molar-refractivity contribution in [2.45, 2.75) is 6.42 Å². The minimum atomic E-state index is -0.0858. The number of hydrogen-bond donors (Lipinski definition) is 2. The van der Waals surface area contributed by atoms with Crippen LogP contribution in [0.25, 0.3) is 0 Å². The smallest absolute Gasteiger partial charge is 0.235 e. The summed E-state index contributed by atoms with van der Waals surface area (Å²) in [5.74, 6) is 0.203. The Kier molecular flexibility index (Phi) is 3.37. The number of nitrogens with zero attached hydrogens (tertiary/aromatic N) is 3. The lowest BCUT2D eigenvalue weighted by molar-refractivity contribution is -0.117. The van der Waals surface area contributed by atoms with E-state index in [9.17, 15) is 4.79 Å². The zero-order valence-corrected chi connectivity index (χ0v) is 10.4. The Morgan fingerprint density at radius 3 is 2.41 bits per heavy atom. The van der Waals surface area contributed by atoms with Crippen molar-refractivity contribution in [2.75, 3.05) is 23.7 Å². The molecule has 0 bridgehead atoms. The standard InChI is InChI=1S/C9H11Cl2N5O/c10-7-6(13)8(11)15-9(14-7)16-3-4(2-12)1-5(16)17/h4H,1-3,12-13H2. The predicted octanol–water partition coefficient (Wildman–Crippen LogP) is 0.677. The lowest BCUT2D eigenvalue weighted by atomic mass is 10.1. The molecule has 2 rings (SSSR count). The fourth-order valence-electron chi connectivity index (χ4n) is 1.66. The summed E-state index contributed by atoms with van der Waals surface area (Å²) < 4.78 is 0. The molecular weight excluding hydrogens is 265 g/mol. The second kappa shape index (κ2) is 4.64. The van der Waals surface area contributed by atoms with Gasteiger partial charge in [0.1, 0.15) is 5.69 Å². The van der Waals surface area contributed by atoms with E-state index >= 15 is 0 Å². The summed E-state index contributed by atoms with van der Waals surface area (Å²) in [6.45, 7) is 0.921. The highest BCUT2D eigenvalue weighted by Gasteiger charge is 2.32. The molecule has 0 aromatic carbocycles. The van der Waals surface area contributed by atoms with Gasteiger partial charge in [-0.15, -0.1) is 0 Å². The fourth-order valence-corrected chi connectivity index (χ4v) is 2.04. The monoisotopic (exact) mass is 275 g/mol. The zero-order chi connectivity index (χ0) is 12.6. The third-order valence-corrected chi connectivity index (χ3v) is 3.20. The lowest BCUT2D eigenvalue weighted by Crippen LogP contribution is -2.27. The van der Waals surface area contributed by atoms with Crippen molar-refractivity contribution in [1.29, 1.82) is 0 Å². The number of nitrogens with two attached hydrogens (primary N) is 2. The number of halogens is 2. The van der Waals surface area contributed by atoms with E-state index in [0.717, 1.165) is 0 Å². The number of nitrogen functional groups attached to an aromatic ring is 1. The molecule has 17 heavy (non-hydrogen) atoms. The molecule has 6 nitrogen and oxygen atoms in total. The topological polar surface area (TPSA) is 98.1 Å². The Morgan fingerprint density at radius 2 is 1.94 bits per heavy atom. The van der Waals surface area contributed by atoms with Crippen LogP contribution in [0.1, 0.15) is 6.42 Å². The molecule has 1 atom stereocenters. The Balaban J connectivity index is 2.32. The first-order valence-corrected chi connectivity index (χ1v) is 5.77. The van der Waals surface area contributed by atoms with E-state index in [0.29, 0.717) is 19.5 Å². The van der Waals surface area contributed by atoms with Crippen LogP contribution in [0, 0.1) is 5.92 Å². The van der Waals surface area contributed by atoms with Crippen LogP contribution in [-0.2, 0) is 4.79 Å². The van der Waals surface area contributed by atoms with Crippen molar-refractivity contribution < 1.29 is 4.79 Å². The summed E-state index contributed by atoms with van der Waals surface area (Å²) >= 11 is 11.6. The Bertz CT molecular complexity index is 444. The molecule has 1 aliphatic rings. The van der Waals surface area contributed by atoms with Crippen molar-refractivity contribution in [2.24, 2.45) is 11.7 Å². The zero-order valence-electron chi connectivity index (χ0n) is 8.86. The van der Waals surface area contributed by atoms with Gasteiger partial charge < -0.3 is 11.5 Å². The van der Waals surface area contributed by atoms with Crippen LogP contribution < -0.4 is 16.4 Å². The van der Waals surface area contributed by atoms with Gasteiger partial charge in [-0.1, -0.05) is 23.2 Å². The number of carbonyl (C=O) groups is 1. The third kappa shape index (κ3) is 2.29. The van der Waals surface area contributed by atoms with Crippen LogP contribution in [0.4, 0.5) is 11.6 Å². The van der Waals surface area contributed by atoms with E-state index in [2.05, 4.69) is 9.97 Å². The van der Waals surface area contributed by atoms with E-state index in [1.165, 1.54) is 4.90 Å². The predicted molar refractivity (Wildman–Crippen MR) is 66.0 cm³/mol. The molecule has 92 valence electrons. The van der Waals surface area contributed by atoms with Crippen LogP contribution in [0.3, 0.4) is 0 Å². The van der Waals surface area contributed by atoms with Gasteiger partial charge in [-0.25, -0.2) is 0 Å². The minimum absolute atomic E-state index is 0.0454. The molecule has 0 aliphatic carbocycles. The SMILES string of the molecule is NCC1CC(=O)N(c2nc(Cl)c(N)c(Cl)n2)C1. The average molecular weight is 276 g/mol. The molecule has 1 amide bonds. The minimum Gasteiger partial charge on any atom is -0.394 e. The second-order valence-electron chi connectivity index (χ2n) is 3.83. The molecule has 1 aliphatic heterocycles. The Labute approximate surface area is 108 Å². The van der Waals surface area contributed by atoms with E-state index in [4.69, 9.17) is 34.7 Å². The summed E-state index contributed by atoms with van der Waals surface area (Å²) in [7, 11) is 0. The molecule has 0 spiro atoms. The van der Waals surface area contributed by atoms with E-state index in [1.807, 2.05) is 0 Å². The molecular formula is C9H11Cl2N5O. The molecule has 1 aromatic rings. The highest BCUT2D eigenvalue weighted by molar-refractivity contribution is 6.37. The molecule has 1 aromatic heterocycles. The largest absolute Gasteiger partial charge is 0.394 e. The number of anilines is 2. The number of carbonyl (C=O) groups excluding carboxylic acids is 1. The van der Waals surface area contributed by atoms with Gasteiger partial charge in [-0.3, -0.25) is 9.69 Å². The Morgan fingerprint density at radius 1 is 1.35 bits per heavy atom. The molecule has 1 unspecified atom stereocenters. The lowest BCUT2D eigenvalue weighted by Gasteiger charge is -2.15. The van der Waals surface area contributed by atoms with Crippen molar-refractivity contribution in [3.63, 3.8) is 0 Å². The van der Waals surface area contributed by atoms with Gasteiger partial charge in [0.15, 0.2) is 10.3 Å². The molecule has 4 N–H and O–H groups in total. The van der Waals surface area contributed by atoms with Crippen LogP contribution in [-0.4, -0.2) is 29.0 Å². The quantitative estimate of drug-likeness (QED) is 0.774. The van der Waals surface area contributed by atoms with Crippen molar-refractivity contribution in [3.8, 4) is 0 Å². The molecule has 1 saturated heterocycles. The van der Waals surface area contributed by atoms with E-state index in [1.54, 1.807) is 0 Å². The molecule has 0 radical (unpaired) electrons. The van der Waals surface area contributed by atoms with Gasteiger partial charge in [0.05, 0.1) is 0 Å². The molecule has 8 heteroatoms. The number of hydrogen-bond acceptors (Lipinski definition) is 5. The van der Waals surface area contributed by atoms with Gasteiger partial charge in [0.2, 0.25) is 11.9 Å². The van der Waals surface area contributed by atoms with Gasteiger partial charge in [0, 0.05) is 13.0 Å². The Hall–Kier alpha value is -1.11. The van der Waals surface area contributed by atoms with Gasteiger partial charge in [0.25, 0.3) is 0 Å². The molecule has 1 fully saturated rings. The second-order valence-corrected chi connectivity index (χ2v) is 4.55. The first-order chi connectivity index (χ1) is 8.02. The first kappa shape index (κ1) is 12.3. The normalized spacial score (nSPS) is 20.1. The van der Waals surface area contributed by atoms with Crippen molar-refractivity contribution in [1.82, 2.24) is 9.97 Å². The first-order valence-electron chi connectivity index (χ1n) is 5.02. The maximum Gasteiger partial charge on any atom is 0.235 e. The maximum absolute atomic E-state index is 11.7. The van der Waals surface area contributed by atoms with Crippen LogP contribution in [0.2, 0.25) is 10.3 Å². The summed E-state index contributed by atoms with van der Waals surface area (Å²) in [5.41, 5.74) is 11.2. The number of aromatic nitrogens is 2. The third-order valence-electron chi connectivity index (χ3n) is 2.62. The van der Waals surface area contributed by atoms with Crippen LogP contribution in [0.15, 0.2) is 0 Å². The van der Waals surface area contributed by atoms with E-state index in [-0.39, 0.29) is 33.8 Å². The van der Waals surface area contributed by atoms with Crippen LogP contribution in [0.5, 0.6) is 0 Å². The fraction of sp³-hybridized carbons (Fsp3) is 0.444. The summed E-state index contributed by atoms with van der Waals surface area (Å²) in [5, 5.41) is 0.0907. The highest BCUT2D eigenvalue weighted by atomic mass is 35.5. The van der Waals surface area contributed by atoms with Crippen molar-refractivity contribution in [3.05, 3.63) is 10.3 Å². The van der Waals surface area contributed by atoms with Gasteiger partial charge in [-0.05, 0) is 12.5 Å². The maximum atomic E-state index is 11.7. The summed E-state index contributed by atoms with van der Waals surface area (Å²) in [4.78, 5) is 21.0. The molecule has 0 saturated carbocycles. The number of amides is 1. The summed E-state index contributed by atoms with van der Waals surface area (Å²) in [6.07, 6.45) is 0.388. The van der Waals surface area contributed by atoms with Crippen molar-refractivity contribution >= 4 is 40.7 Å². The van der Waals surface area contributed by atoms with E-state index < -0.39 is 0 Å². The average Bonchev–Trinajstić information content (AvgIpc) is 2.67. The van der Waals surface area contributed by atoms with Gasteiger partial charge in [-0.2, -0.15) is 9.97 Å². The summed E-state index contributed by atoms with van der Waals surface area (Å²) in [6, 6.07) is 0.